The summed E-state index contributed by atoms with van der Waals surface area (Å²) in [6.07, 6.45) is 5.26. The minimum atomic E-state index is -3.91. The average Bonchev–Trinajstić information content (AvgIpc) is 3.25. The molecule has 0 spiro atoms. The maximum Gasteiger partial charge on any atom is 0.244 e. The molecule has 0 aromatic heterocycles. The van der Waals surface area contributed by atoms with Crippen LogP contribution in [0.25, 0.3) is 0 Å². The Hall–Kier alpha value is -1.00. The Labute approximate surface area is 155 Å². The first kappa shape index (κ1) is 18.4. The van der Waals surface area contributed by atoms with Crippen molar-refractivity contribution in [3.63, 3.8) is 0 Å². The summed E-state index contributed by atoms with van der Waals surface area (Å²) in [6, 6.07) is 6.49. The summed E-state index contributed by atoms with van der Waals surface area (Å²) in [4.78, 5) is -0.260. The van der Waals surface area contributed by atoms with E-state index in [1.54, 1.807) is 12.1 Å². The van der Waals surface area contributed by atoms with E-state index < -0.39 is 20.0 Å². The van der Waals surface area contributed by atoms with E-state index >= 15 is 0 Å². The third-order valence-corrected chi connectivity index (χ3v) is 9.28. The second-order valence-electron chi connectivity index (χ2n) is 7.49. The molecule has 0 radical (unpaired) electrons. The van der Waals surface area contributed by atoms with Crippen LogP contribution < -0.4 is 10.0 Å². The van der Waals surface area contributed by atoms with E-state index in [0.29, 0.717) is 25.2 Å². The fraction of sp³-hybridized carbons (Fsp3) is 0.647. The zero-order chi connectivity index (χ0) is 18.4. The fourth-order valence-electron chi connectivity index (χ4n) is 4.39. The zero-order valence-corrected chi connectivity index (χ0v) is 16.2. The maximum absolute atomic E-state index is 13.0. The second kappa shape index (κ2) is 6.87. The highest BCUT2D eigenvalue weighted by Gasteiger charge is 2.37. The predicted molar refractivity (Wildman–Crippen MR) is 97.7 cm³/mol. The number of fused-ring (bicyclic) bond motifs is 2. The van der Waals surface area contributed by atoms with Gasteiger partial charge in [0.1, 0.15) is 9.79 Å². The van der Waals surface area contributed by atoms with Gasteiger partial charge in [-0.25, -0.2) is 21.6 Å². The molecule has 7 nitrogen and oxygen atoms in total. The minimum Gasteiger partial charge on any atom is -0.311 e. The quantitative estimate of drug-likeness (QED) is 0.771. The molecule has 1 aromatic carbocycles. The van der Waals surface area contributed by atoms with Crippen molar-refractivity contribution in [1.82, 2.24) is 14.3 Å². The van der Waals surface area contributed by atoms with Crippen LogP contribution in [0.5, 0.6) is 0 Å². The zero-order valence-electron chi connectivity index (χ0n) is 14.6. The maximum atomic E-state index is 13.0. The van der Waals surface area contributed by atoms with Crippen molar-refractivity contribution in [2.45, 2.75) is 66.4 Å². The number of benzene rings is 1. The lowest BCUT2D eigenvalue weighted by Gasteiger charge is -2.29. The van der Waals surface area contributed by atoms with Crippen LogP contribution in [0.1, 0.15) is 38.5 Å². The summed E-state index contributed by atoms with van der Waals surface area (Å²) in [7, 11) is -7.71. The lowest BCUT2D eigenvalue weighted by atomic mass is 10.0. The van der Waals surface area contributed by atoms with E-state index in [2.05, 4.69) is 10.0 Å². The van der Waals surface area contributed by atoms with Crippen LogP contribution >= 0.6 is 0 Å². The van der Waals surface area contributed by atoms with Gasteiger partial charge in [0.15, 0.2) is 0 Å². The Morgan fingerprint density at radius 3 is 2.12 bits per heavy atom. The Morgan fingerprint density at radius 2 is 1.50 bits per heavy atom. The van der Waals surface area contributed by atoms with Crippen molar-refractivity contribution in [3.05, 3.63) is 24.3 Å². The molecule has 26 heavy (non-hydrogen) atoms. The molecule has 4 rings (SSSR count). The van der Waals surface area contributed by atoms with Crippen molar-refractivity contribution in [1.29, 1.82) is 0 Å². The largest absolute Gasteiger partial charge is 0.311 e. The number of rotatable bonds is 5. The van der Waals surface area contributed by atoms with Gasteiger partial charge in [0.2, 0.25) is 20.0 Å². The van der Waals surface area contributed by atoms with Gasteiger partial charge in [0, 0.05) is 31.2 Å². The fourth-order valence-corrected chi connectivity index (χ4v) is 7.97. The predicted octanol–water partition coefficient (Wildman–Crippen LogP) is 1.03. The van der Waals surface area contributed by atoms with Crippen molar-refractivity contribution < 1.29 is 16.8 Å². The van der Waals surface area contributed by atoms with Crippen LogP contribution in [-0.4, -0.2) is 52.4 Å². The molecule has 2 atom stereocenters. The molecule has 3 saturated heterocycles. The SMILES string of the molecule is O=S(=O)(NC1CC2CCC(C1)N2)c1ccccc1S(=O)(=O)N1CCCC1. The molecule has 0 aliphatic carbocycles. The highest BCUT2D eigenvalue weighted by atomic mass is 32.2. The molecule has 144 valence electrons. The summed E-state index contributed by atoms with van der Waals surface area (Å²) in [5.74, 6) is 0. The minimum absolute atomic E-state index is 0.119. The number of hydrogen-bond acceptors (Lipinski definition) is 5. The first-order valence-electron chi connectivity index (χ1n) is 9.24. The van der Waals surface area contributed by atoms with Crippen molar-refractivity contribution >= 4 is 20.0 Å². The van der Waals surface area contributed by atoms with Gasteiger partial charge in [0.05, 0.1) is 0 Å². The van der Waals surface area contributed by atoms with Gasteiger partial charge < -0.3 is 5.32 Å². The average molecular weight is 400 g/mol. The molecule has 0 amide bonds. The van der Waals surface area contributed by atoms with E-state index in [-0.39, 0.29) is 15.8 Å². The summed E-state index contributed by atoms with van der Waals surface area (Å²) in [5.41, 5.74) is 0. The van der Waals surface area contributed by atoms with E-state index in [9.17, 15) is 16.8 Å². The molecule has 1 aromatic rings. The normalized spacial score (nSPS) is 29.9. The smallest absolute Gasteiger partial charge is 0.244 e. The topological polar surface area (TPSA) is 95.6 Å². The number of sulfonamides is 2. The van der Waals surface area contributed by atoms with E-state index in [4.69, 9.17) is 0 Å². The monoisotopic (exact) mass is 399 g/mol. The van der Waals surface area contributed by atoms with Gasteiger partial charge in [-0.3, -0.25) is 0 Å². The van der Waals surface area contributed by atoms with Crippen molar-refractivity contribution in [2.75, 3.05) is 13.1 Å². The van der Waals surface area contributed by atoms with Gasteiger partial charge in [-0.1, -0.05) is 12.1 Å². The van der Waals surface area contributed by atoms with Gasteiger partial charge in [-0.05, 0) is 50.7 Å². The standard InChI is InChI=1S/C17H25N3O4S2/c21-25(22,19-15-11-13-7-8-14(12-15)18-13)16-5-1-2-6-17(16)26(23,24)20-9-3-4-10-20/h1-2,5-6,13-15,18-19H,3-4,7-12H2. The number of nitrogens with zero attached hydrogens (tertiary/aromatic N) is 1. The molecule has 2 N–H and O–H groups in total. The Bertz CT molecular complexity index is 867. The van der Waals surface area contributed by atoms with Crippen LogP contribution in [0.4, 0.5) is 0 Å². The number of piperidine rings is 1. The van der Waals surface area contributed by atoms with Gasteiger partial charge in [0.25, 0.3) is 0 Å². The van der Waals surface area contributed by atoms with Gasteiger partial charge >= 0.3 is 0 Å². The van der Waals surface area contributed by atoms with Crippen LogP contribution in [0, 0.1) is 0 Å². The molecule has 3 heterocycles. The molecule has 2 bridgehead atoms. The van der Waals surface area contributed by atoms with Crippen molar-refractivity contribution in [3.8, 4) is 0 Å². The Morgan fingerprint density at radius 1 is 0.923 bits per heavy atom. The highest BCUT2D eigenvalue weighted by molar-refractivity contribution is 7.92. The van der Waals surface area contributed by atoms with Crippen LogP contribution in [-0.2, 0) is 20.0 Å². The molecular formula is C17H25N3O4S2. The molecule has 2 unspecified atom stereocenters. The first-order chi connectivity index (χ1) is 12.4. The molecule has 3 fully saturated rings. The molecule has 3 aliphatic heterocycles. The Kier molecular flexibility index (Phi) is 4.85. The molecular weight excluding hydrogens is 374 g/mol. The Balaban J connectivity index is 1.62. The third-order valence-electron chi connectivity index (χ3n) is 5.62. The van der Waals surface area contributed by atoms with E-state index in [1.807, 2.05) is 0 Å². The van der Waals surface area contributed by atoms with Gasteiger partial charge in [-0.15, -0.1) is 0 Å². The summed E-state index contributed by atoms with van der Waals surface area (Å²) < 4.78 is 56.0. The third kappa shape index (κ3) is 3.43. The summed E-state index contributed by atoms with van der Waals surface area (Å²) in [6.45, 7) is 0.892. The highest BCUT2D eigenvalue weighted by Crippen LogP contribution is 2.30. The molecule has 9 heteroatoms. The lowest BCUT2D eigenvalue weighted by molar-refractivity contribution is 0.345. The lowest BCUT2D eigenvalue weighted by Crippen LogP contribution is -2.48. The van der Waals surface area contributed by atoms with Gasteiger partial charge in [-0.2, -0.15) is 4.31 Å². The summed E-state index contributed by atoms with van der Waals surface area (Å²) in [5, 5.41) is 3.48. The van der Waals surface area contributed by atoms with Crippen LogP contribution in [0.15, 0.2) is 34.1 Å². The first-order valence-corrected chi connectivity index (χ1v) is 12.2. The number of hydrogen-bond donors (Lipinski definition) is 2. The van der Waals surface area contributed by atoms with Crippen molar-refractivity contribution in [2.24, 2.45) is 0 Å². The second-order valence-corrected chi connectivity index (χ2v) is 11.1. The van der Waals surface area contributed by atoms with Crippen LogP contribution in [0.3, 0.4) is 0 Å². The summed E-state index contributed by atoms with van der Waals surface area (Å²) >= 11 is 0. The molecule has 3 aliphatic rings. The number of nitrogens with one attached hydrogen (secondary N) is 2. The molecule has 0 saturated carbocycles. The van der Waals surface area contributed by atoms with Crippen LogP contribution in [0.2, 0.25) is 0 Å². The van der Waals surface area contributed by atoms with E-state index in [1.165, 1.54) is 16.4 Å². The van der Waals surface area contributed by atoms with E-state index in [0.717, 1.165) is 38.5 Å².